The minimum Gasteiger partial charge on any atom is -0.494 e. The molecular formula is C29H35N3O5S. The number of aromatic nitrogens is 2. The lowest BCUT2D eigenvalue weighted by Gasteiger charge is -2.28. The Bertz CT molecular complexity index is 1330. The average Bonchev–Trinajstić information content (AvgIpc) is 2.93. The van der Waals surface area contributed by atoms with Crippen LogP contribution < -0.4 is 4.74 Å². The zero-order valence-electron chi connectivity index (χ0n) is 22.1. The number of esters is 1. The normalized spacial score (nSPS) is 13.6. The minimum absolute atomic E-state index is 0.0284. The first-order chi connectivity index (χ1) is 18.3. The number of fused-ring (bicyclic) bond motifs is 1. The molecule has 0 saturated heterocycles. The Labute approximate surface area is 225 Å². The molecule has 4 rings (SSSR count). The van der Waals surface area contributed by atoms with Crippen LogP contribution in [-0.2, 0) is 45.4 Å². The lowest BCUT2D eigenvalue weighted by Crippen LogP contribution is -2.37. The summed E-state index contributed by atoms with van der Waals surface area (Å²) >= 11 is 0. The van der Waals surface area contributed by atoms with Gasteiger partial charge in [-0.25, -0.2) is 18.4 Å². The molecule has 0 atom stereocenters. The molecule has 0 N–H and O–H groups in total. The van der Waals surface area contributed by atoms with Crippen molar-refractivity contribution in [1.29, 1.82) is 0 Å². The molecule has 0 bridgehead atoms. The quantitative estimate of drug-likeness (QED) is 0.250. The van der Waals surface area contributed by atoms with Gasteiger partial charge in [0.15, 0.2) is 5.82 Å². The summed E-state index contributed by atoms with van der Waals surface area (Å²) in [5, 5.41) is 0. The van der Waals surface area contributed by atoms with Crippen LogP contribution in [0.5, 0.6) is 5.75 Å². The van der Waals surface area contributed by atoms with Gasteiger partial charge in [0.2, 0.25) is 10.0 Å². The molecule has 1 aliphatic rings. The van der Waals surface area contributed by atoms with E-state index in [9.17, 15) is 13.2 Å². The smallest absolute Gasteiger partial charge is 0.302 e. The van der Waals surface area contributed by atoms with Crippen molar-refractivity contribution in [3.8, 4) is 17.1 Å². The first-order valence-electron chi connectivity index (χ1n) is 13.1. The van der Waals surface area contributed by atoms with Crippen LogP contribution in [0.25, 0.3) is 11.4 Å². The van der Waals surface area contributed by atoms with E-state index < -0.39 is 16.0 Å². The summed E-state index contributed by atoms with van der Waals surface area (Å²) in [6.07, 6.45) is 7.42. The molecular weight excluding hydrogens is 502 g/mol. The van der Waals surface area contributed by atoms with Gasteiger partial charge in [0.1, 0.15) is 5.75 Å². The number of sulfonamides is 1. The fourth-order valence-corrected chi connectivity index (χ4v) is 5.84. The van der Waals surface area contributed by atoms with Crippen molar-refractivity contribution < 1.29 is 22.7 Å². The van der Waals surface area contributed by atoms with Gasteiger partial charge in [-0.05, 0) is 66.5 Å². The molecule has 0 amide bonds. The molecule has 2 aromatic carbocycles. The van der Waals surface area contributed by atoms with Gasteiger partial charge >= 0.3 is 5.97 Å². The van der Waals surface area contributed by atoms with Crippen molar-refractivity contribution in [3.05, 3.63) is 77.1 Å². The number of carbonyl (C=O) groups is 1. The highest BCUT2D eigenvalue weighted by molar-refractivity contribution is 7.89. The van der Waals surface area contributed by atoms with Gasteiger partial charge in [0.05, 0.1) is 19.0 Å². The van der Waals surface area contributed by atoms with Crippen molar-refractivity contribution >= 4 is 16.0 Å². The molecule has 202 valence electrons. The molecule has 1 aromatic heterocycles. The van der Waals surface area contributed by atoms with Crippen molar-refractivity contribution in [2.75, 3.05) is 25.5 Å². The molecule has 0 aliphatic carbocycles. The van der Waals surface area contributed by atoms with E-state index in [1.807, 2.05) is 30.6 Å². The van der Waals surface area contributed by atoms with Crippen LogP contribution in [0.3, 0.4) is 0 Å². The predicted octanol–water partition coefficient (Wildman–Crippen LogP) is 4.36. The van der Waals surface area contributed by atoms with E-state index in [1.165, 1.54) is 16.8 Å². The third-order valence-corrected chi connectivity index (χ3v) is 8.51. The number of rotatable bonds is 12. The Hall–Kier alpha value is -3.30. The summed E-state index contributed by atoms with van der Waals surface area (Å²) < 4.78 is 37.7. The predicted molar refractivity (Wildman–Crippen MR) is 146 cm³/mol. The van der Waals surface area contributed by atoms with Crippen LogP contribution >= 0.6 is 0 Å². The zero-order chi connectivity index (χ0) is 27.0. The highest BCUT2D eigenvalue weighted by Gasteiger charge is 2.26. The van der Waals surface area contributed by atoms with Crippen molar-refractivity contribution in [3.63, 3.8) is 0 Å². The van der Waals surface area contributed by atoms with Crippen LogP contribution in [0.1, 0.15) is 48.9 Å². The minimum atomic E-state index is -3.40. The summed E-state index contributed by atoms with van der Waals surface area (Å²) in [7, 11) is -3.40. The third kappa shape index (κ3) is 7.61. The number of aryl methyl sites for hydroxylation is 2. The second kappa shape index (κ2) is 13.0. The van der Waals surface area contributed by atoms with E-state index >= 15 is 0 Å². The molecule has 0 unspecified atom stereocenters. The van der Waals surface area contributed by atoms with E-state index in [2.05, 4.69) is 41.2 Å². The lowest BCUT2D eigenvalue weighted by atomic mass is 10.0. The Kier molecular flexibility index (Phi) is 9.47. The lowest BCUT2D eigenvalue weighted by molar-refractivity contribution is -0.140. The number of ether oxygens (including phenoxy) is 2. The Morgan fingerprint density at radius 3 is 2.45 bits per heavy atom. The number of hydrogen-bond acceptors (Lipinski definition) is 7. The van der Waals surface area contributed by atoms with Gasteiger partial charge in [-0.3, -0.25) is 4.79 Å². The molecule has 38 heavy (non-hydrogen) atoms. The Morgan fingerprint density at radius 2 is 1.74 bits per heavy atom. The largest absolute Gasteiger partial charge is 0.494 e. The first kappa shape index (κ1) is 27.7. The van der Waals surface area contributed by atoms with Gasteiger partial charge in [-0.15, -0.1) is 0 Å². The zero-order valence-corrected chi connectivity index (χ0v) is 22.9. The molecule has 8 nitrogen and oxygen atoms in total. The summed E-state index contributed by atoms with van der Waals surface area (Å²) in [4.78, 5) is 19.8. The summed E-state index contributed by atoms with van der Waals surface area (Å²) in [6, 6.07) is 14.2. The van der Waals surface area contributed by atoms with Crippen LogP contribution in [0.15, 0.2) is 54.9 Å². The topological polar surface area (TPSA) is 98.7 Å². The fraction of sp³-hybridized carbons (Fsp3) is 0.414. The molecule has 0 fully saturated rings. The van der Waals surface area contributed by atoms with Crippen LogP contribution in [0.4, 0.5) is 0 Å². The van der Waals surface area contributed by atoms with Crippen molar-refractivity contribution in [2.45, 2.75) is 52.5 Å². The Morgan fingerprint density at radius 1 is 0.974 bits per heavy atom. The van der Waals surface area contributed by atoms with E-state index in [0.29, 0.717) is 32.5 Å². The van der Waals surface area contributed by atoms with E-state index in [1.54, 1.807) is 0 Å². The van der Waals surface area contributed by atoms with Gasteiger partial charge in [0, 0.05) is 38.0 Å². The SMILES string of the molecule is CCc1cnc(-c2ccc(CCCOc3ccc4c(c3)CCN(S(=O)(=O)CCCOC(C)=O)C4)cc2)nc1. The third-order valence-electron chi connectivity index (χ3n) is 6.60. The fourth-order valence-electron chi connectivity index (χ4n) is 4.39. The second-order valence-electron chi connectivity index (χ2n) is 9.44. The van der Waals surface area contributed by atoms with Gasteiger partial charge < -0.3 is 9.47 Å². The van der Waals surface area contributed by atoms with E-state index in [0.717, 1.165) is 53.1 Å². The summed E-state index contributed by atoms with van der Waals surface area (Å²) in [5.41, 5.74) is 5.50. The number of benzene rings is 2. The highest BCUT2D eigenvalue weighted by Crippen LogP contribution is 2.26. The molecule has 0 saturated carbocycles. The summed E-state index contributed by atoms with van der Waals surface area (Å²) in [6.45, 7) is 4.92. The number of nitrogens with zero attached hydrogens (tertiary/aromatic N) is 3. The van der Waals surface area contributed by atoms with Crippen LogP contribution in [-0.4, -0.2) is 54.2 Å². The van der Waals surface area contributed by atoms with Crippen molar-refractivity contribution in [2.24, 2.45) is 0 Å². The molecule has 0 radical (unpaired) electrons. The molecule has 9 heteroatoms. The monoisotopic (exact) mass is 537 g/mol. The maximum Gasteiger partial charge on any atom is 0.302 e. The highest BCUT2D eigenvalue weighted by atomic mass is 32.2. The van der Waals surface area contributed by atoms with E-state index in [-0.39, 0.29) is 12.4 Å². The van der Waals surface area contributed by atoms with Gasteiger partial charge in [0.25, 0.3) is 0 Å². The molecule has 2 heterocycles. The first-order valence-corrected chi connectivity index (χ1v) is 14.7. The standard InChI is InChI=1S/C29H35N3O5S/c1-3-23-19-30-29(31-20-23)25-9-7-24(8-10-25)6-4-15-37-28-12-11-27-21-32(14-13-26(27)18-28)38(34,35)17-5-16-36-22(2)33/h7-12,18-20H,3-6,13-17,21H2,1-2H3. The maximum atomic E-state index is 12.7. The molecule has 3 aromatic rings. The second-order valence-corrected chi connectivity index (χ2v) is 11.5. The van der Waals surface area contributed by atoms with Crippen molar-refractivity contribution in [1.82, 2.24) is 14.3 Å². The Balaban J connectivity index is 1.22. The summed E-state index contributed by atoms with van der Waals surface area (Å²) in [5.74, 6) is 1.12. The molecule has 1 aliphatic heterocycles. The van der Waals surface area contributed by atoms with Crippen LogP contribution in [0.2, 0.25) is 0 Å². The molecule has 0 spiro atoms. The van der Waals surface area contributed by atoms with Crippen LogP contribution in [0, 0.1) is 0 Å². The van der Waals surface area contributed by atoms with E-state index in [4.69, 9.17) is 9.47 Å². The van der Waals surface area contributed by atoms with Gasteiger partial charge in [-0.1, -0.05) is 37.3 Å². The average molecular weight is 538 g/mol. The number of hydrogen-bond donors (Lipinski definition) is 0. The number of carbonyl (C=O) groups excluding carboxylic acids is 1. The van der Waals surface area contributed by atoms with Gasteiger partial charge in [-0.2, -0.15) is 4.31 Å². The maximum absolute atomic E-state index is 12.7.